The van der Waals surface area contributed by atoms with Crippen LogP contribution < -0.4 is 0 Å². The van der Waals surface area contributed by atoms with E-state index in [9.17, 15) is 5.11 Å². The average Bonchev–Trinajstić information content (AvgIpc) is 2.02. The topological polar surface area (TPSA) is 20.2 Å². The molecule has 72 valence electrons. The van der Waals surface area contributed by atoms with Crippen LogP contribution in [0.3, 0.4) is 0 Å². The highest BCUT2D eigenvalue weighted by Gasteiger charge is 2.17. The predicted octanol–water partition coefficient (Wildman–Crippen LogP) is 3.12. The summed E-state index contributed by atoms with van der Waals surface area (Å²) in [5.41, 5.74) is 0. The van der Waals surface area contributed by atoms with E-state index in [2.05, 4.69) is 6.92 Å². The number of rotatable bonds is 2. The van der Waals surface area contributed by atoms with E-state index in [1.54, 1.807) is 0 Å². The van der Waals surface area contributed by atoms with Gasteiger partial charge in [-0.2, -0.15) is 0 Å². The van der Waals surface area contributed by atoms with Gasteiger partial charge in [-0.3, -0.25) is 0 Å². The smallest absolute Gasteiger partial charge is 0.0565 e. The molecule has 1 aliphatic rings. The van der Waals surface area contributed by atoms with E-state index in [0.29, 0.717) is 5.92 Å². The third-order valence-electron chi connectivity index (χ3n) is 3.11. The normalized spacial score (nSPS) is 24.5. The van der Waals surface area contributed by atoms with Crippen molar-refractivity contribution < 1.29 is 5.11 Å². The van der Waals surface area contributed by atoms with Gasteiger partial charge in [-0.05, 0) is 25.2 Å². The Kier molecular flexibility index (Phi) is 4.67. The third-order valence-corrected chi connectivity index (χ3v) is 3.11. The molecule has 0 saturated heterocycles. The minimum atomic E-state index is -0.0249. The van der Waals surface area contributed by atoms with Crippen LogP contribution in [0.1, 0.15) is 58.3 Å². The van der Waals surface area contributed by atoms with Crippen molar-refractivity contribution in [1.82, 2.24) is 0 Å². The van der Waals surface area contributed by atoms with E-state index in [4.69, 9.17) is 0 Å². The zero-order chi connectivity index (χ0) is 8.81. The van der Waals surface area contributed by atoms with Crippen molar-refractivity contribution in [1.29, 1.82) is 0 Å². The van der Waals surface area contributed by atoms with Crippen LogP contribution in [0, 0.1) is 5.92 Å². The molecule has 1 nitrogen and oxygen atoms in total. The summed E-state index contributed by atoms with van der Waals surface area (Å²) in [4.78, 5) is 0. The van der Waals surface area contributed by atoms with Crippen LogP contribution in [0.5, 0.6) is 0 Å². The minimum Gasteiger partial charge on any atom is -0.393 e. The molecule has 0 bridgehead atoms. The molecule has 0 spiro atoms. The first-order valence-corrected chi connectivity index (χ1v) is 5.52. The van der Waals surface area contributed by atoms with Crippen molar-refractivity contribution in [2.45, 2.75) is 64.4 Å². The molecule has 1 fully saturated rings. The molecular weight excluding hydrogens is 148 g/mol. The quantitative estimate of drug-likeness (QED) is 0.675. The summed E-state index contributed by atoms with van der Waals surface area (Å²) in [6, 6.07) is 0. The molecule has 1 aliphatic carbocycles. The van der Waals surface area contributed by atoms with E-state index in [1.165, 1.54) is 44.9 Å². The summed E-state index contributed by atoms with van der Waals surface area (Å²) in [6.45, 7) is 2.09. The first kappa shape index (κ1) is 10.0. The molecule has 0 aromatic heterocycles. The number of aliphatic hydroxyl groups excluding tert-OH is 1. The van der Waals surface area contributed by atoms with Gasteiger partial charge in [-0.25, -0.2) is 0 Å². The van der Waals surface area contributed by atoms with E-state index >= 15 is 0 Å². The van der Waals surface area contributed by atoms with Crippen molar-refractivity contribution in [3.63, 3.8) is 0 Å². The van der Waals surface area contributed by atoms with Crippen LogP contribution in [0.4, 0.5) is 0 Å². The molecule has 1 N–H and O–H groups in total. The zero-order valence-corrected chi connectivity index (χ0v) is 8.26. The summed E-state index contributed by atoms with van der Waals surface area (Å²) < 4.78 is 0. The highest BCUT2D eigenvalue weighted by atomic mass is 16.3. The maximum atomic E-state index is 9.70. The Morgan fingerprint density at radius 3 is 2.08 bits per heavy atom. The Labute approximate surface area is 76.2 Å². The molecule has 0 aromatic rings. The Hall–Kier alpha value is -0.0400. The highest BCUT2D eigenvalue weighted by Crippen LogP contribution is 2.25. The molecule has 1 heteroatoms. The SMILES string of the molecule is CCC(O)C1CCCCCCC1. The van der Waals surface area contributed by atoms with Crippen molar-refractivity contribution in [3.05, 3.63) is 0 Å². The van der Waals surface area contributed by atoms with Gasteiger partial charge in [-0.1, -0.05) is 39.0 Å². The van der Waals surface area contributed by atoms with Crippen LogP contribution in [-0.4, -0.2) is 11.2 Å². The van der Waals surface area contributed by atoms with Gasteiger partial charge >= 0.3 is 0 Å². The number of hydrogen-bond donors (Lipinski definition) is 1. The Morgan fingerprint density at radius 2 is 1.58 bits per heavy atom. The monoisotopic (exact) mass is 170 g/mol. The van der Waals surface area contributed by atoms with Gasteiger partial charge in [0.2, 0.25) is 0 Å². The molecular formula is C11H22O. The van der Waals surface area contributed by atoms with E-state index in [-0.39, 0.29) is 6.10 Å². The summed E-state index contributed by atoms with van der Waals surface area (Å²) in [5.74, 6) is 0.607. The molecule has 12 heavy (non-hydrogen) atoms. The maximum absolute atomic E-state index is 9.70. The van der Waals surface area contributed by atoms with E-state index < -0.39 is 0 Å². The van der Waals surface area contributed by atoms with Gasteiger partial charge in [0.1, 0.15) is 0 Å². The second-order valence-electron chi connectivity index (χ2n) is 4.08. The van der Waals surface area contributed by atoms with Crippen molar-refractivity contribution in [2.24, 2.45) is 5.92 Å². The number of hydrogen-bond acceptors (Lipinski definition) is 1. The lowest BCUT2D eigenvalue weighted by molar-refractivity contribution is 0.0877. The Morgan fingerprint density at radius 1 is 1.08 bits per heavy atom. The van der Waals surface area contributed by atoms with Gasteiger partial charge in [0.25, 0.3) is 0 Å². The van der Waals surface area contributed by atoms with Gasteiger partial charge < -0.3 is 5.11 Å². The third kappa shape index (κ3) is 3.14. The maximum Gasteiger partial charge on any atom is 0.0565 e. The highest BCUT2D eigenvalue weighted by molar-refractivity contribution is 4.69. The fourth-order valence-electron chi connectivity index (χ4n) is 2.21. The Balaban J connectivity index is 2.29. The number of aliphatic hydroxyl groups is 1. The molecule has 1 saturated carbocycles. The summed E-state index contributed by atoms with van der Waals surface area (Å²) >= 11 is 0. The fraction of sp³-hybridized carbons (Fsp3) is 1.00. The van der Waals surface area contributed by atoms with Gasteiger partial charge in [0, 0.05) is 0 Å². The summed E-state index contributed by atoms with van der Waals surface area (Å²) in [5, 5.41) is 9.70. The predicted molar refractivity (Wildman–Crippen MR) is 52.1 cm³/mol. The first-order chi connectivity index (χ1) is 5.84. The fourth-order valence-corrected chi connectivity index (χ4v) is 2.21. The molecule has 0 aromatic carbocycles. The largest absolute Gasteiger partial charge is 0.393 e. The Bertz CT molecular complexity index is 104. The average molecular weight is 170 g/mol. The lowest BCUT2D eigenvalue weighted by Gasteiger charge is -2.23. The van der Waals surface area contributed by atoms with Gasteiger partial charge in [0.15, 0.2) is 0 Å². The van der Waals surface area contributed by atoms with Crippen LogP contribution in [0.2, 0.25) is 0 Å². The lowest BCUT2D eigenvalue weighted by atomic mass is 9.86. The second kappa shape index (κ2) is 5.58. The van der Waals surface area contributed by atoms with Crippen molar-refractivity contribution in [3.8, 4) is 0 Å². The summed E-state index contributed by atoms with van der Waals surface area (Å²) in [7, 11) is 0. The standard InChI is InChI=1S/C11H22O/c1-2-11(12)10-8-6-4-3-5-7-9-10/h10-12H,2-9H2,1H3. The summed E-state index contributed by atoms with van der Waals surface area (Å²) in [6.07, 6.45) is 10.3. The molecule has 1 atom stereocenters. The van der Waals surface area contributed by atoms with Crippen molar-refractivity contribution >= 4 is 0 Å². The molecule has 0 aliphatic heterocycles. The van der Waals surface area contributed by atoms with Gasteiger partial charge in [0.05, 0.1) is 6.10 Å². The van der Waals surface area contributed by atoms with Crippen LogP contribution in [0.15, 0.2) is 0 Å². The molecule has 1 unspecified atom stereocenters. The first-order valence-electron chi connectivity index (χ1n) is 5.52. The van der Waals surface area contributed by atoms with Crippen LogP contribution in [-0.2, 0) is 0 Å². The van der Waals surface area contributed by atoms with Crippen LogP contribution >= 0.6 is 0 Å². The second-order valence-corrected chi connectivity index (χ2v) is 4.08. The van der Waals surface area contributed by atoms with E-state index in [1.807, 2.05) is 0 Å². The van der Waals surface area contributed by atoms with Gasteiger partial charge in [-0.15, -0.1) is 0 Å². The van der Waals surface area contributed by atoms with Crippen LogP contribution in [0.25, 0.3) is 0 Å². The molecule has 0 heterocycles. The van der Waals surface area contributed by atoms with E-state index in [0.717, 1.165) is 6.42 Å². The molecule has 0 amide bonds. The zero-order valence-electron chi connectivity index (χ0n) is 8.26. The molecule has 0 radical (unpaired) electrons. The van der Waals surface area contributed by atoms with Crippen molar-refractivity contribution in [2.75, 3.05) is 0 Å². The molecule has 1 rings (SSSR count). The lowest BCUT2D eigenvalue weighted by Crippen LogP contribution is -2.20. The minimum absolute atomic E-state index is 0.0249.